The molecule has 0 radical (unpaired) electrons. The Morgan fingerprint density at radius 2 is 1.56 bits per heavy atom. The Hall–Kier alpha value is -4.12. The molecule has 0 aliphatic rings. The quantitative estimate of drug-likeness (QED) is 0.203. The third-order valence-corrected chi connectivity index (χ3v) is 7.19. The number of ether oxygens (including phenoxy) is 1. The van der Waals surface area contributed by atoms with Crippen molar-refractivity contribution in [2.24, 2.45) is 0 Å². The molecule has 5 heteroatoms. The molecule has 0 atom stereocenters. The molecular formula is C34H38N2O3. The van der Waals surface area contributed by atoms with Crippen LogP contribution in [0.4, 0.5) is 5.69 Å². The molecule has 0 amide bonds. The molecule has 4 rings (SSSR count). The zero-order chi connectivity index (χ0) is 27.8. The van der Waals surface area contributed by atoms with Gasteiger partial charge in [-0.25, -0.2) is 9.78 Å². The number of hydrogen-bond donors (Lipinski definition) is 1. The molecule has 0 bridgehead atoms. The first-order chi connectivity index (χ1) is 18.9. The second-order valence-corrected chi connectivity index (χ2v) is 10.2. The number of aromatic carboxylic acids is 1. The molecule has 3 aromatic carbocycles. The predicted octanol–water partition coefficient (Wildman–Crippen LogP) is 8.34. The topological polar surface area (TPSA) is 62.7 Å². The fraction of sp³-hybridized carbons (Fsp3) is 0.294. The van der Waals surface area contributed by atoms with E-state index >= 15 is 0 Å². The van der Waals surface area contributed by atoms with Crippen molar-refractivity contribution in [2.75, 3.05) is 4.90 Å². The van der Waals surface area contributed by atoms with Crippen LogP contribution < -0.4 is 9.64 Å². The molecule has 1 heterocycles. The van der Waals surface area contributed by atoms with E-state index in [0.29, 0.717) is 23.4 Å². The Balaban J connectivity index is 1.44. The summed E-state index contributed by atoms with van der Waals surface area (Å²) in [6.07, 6.45) is 2.34. The van der Waals surface area contributed by atoms with Crippen molar-refractivity contribution in [3.8, 4) is 16.9 Å². The molecule has 1 N–H and O–H groups in total. The number of pyridine rings is 1. The molecule has 0 aliphatic carbocycles. The maximum absolute atomic E-state index is 11.1. The standard InChI is InChI=1S/C34H38N2O3/c1-5-26(6-2)27-13-17-31(18-14-27)36(24(3)4)22-25-9-7-10-29(21-25)28-15-19-32(20-16-28)39-23-30-11-8-12-33(35-30)34(37)38/h7-21,24,26H,5-6,22-23H2,1-4H3,(H,37,38). The highest BCUT2D eigenvalue weighted by molar-refractivity contribution is 5.85. The minimum atomic E-state index is -1.05. The second kappa shape index (κ2) is 13.1. The van der Waals surface area contributed by atoms with Gasteiger partial charge in [0.2, 0.25) is 0 Å². The van der Waals surface area contributed by atoms with Gasteiger partial charge in [-0.2, -0.15) is 0 Å². The van der Waals surface area contributed by atoms with Gasteiger partial charge >= 0.3 is 5.97 Å². The van der Waals surface area contributed by atoms with Crippen LogP contribution in [-0.4, -0.2) is 22.1 Å². The van der Waals surface area contributed by atoms with Gasteiger partial charge in [-0.3, -0.25) is 0 Å². The zero-order valence-electron chi connectivity index (χ0n) is 23.3. The third kappa shape index (κ3) is 7.26. The van der Waals surface area contributed by atoms with Crippen LogP contribution in [0.15, 0.2) is 91.0 Å². The molecule has 0 unspecified atom stereocenters. The SMILES string of the molecule is CCC(CC)c1ccc(N(Cc2cccc(-c3ccc(OCc4cccc(C(=O)O)n4)cc3)c2)C(C)C)cc1. The first-order valence-corrected chi connectivity index (χ1v) is 13.8. The van der Waals surface area contributed by atoms with Gasteiger partial charge in [-0.15, -0.1) is 0 Å². The van der Waals surface area contributed by atoms with Crippen molar-refractivity contribution in [2.45, 2.75) is 65.6 Å². The van der Waals surface area contributed by atoms with Crippen LogP contribution in [0.1, 0.15) is 73.8 Å². The van der Waals surface area contributed by atoms with Crippen molar-refractivity contribution in [3.05, 3.63) is 114 Å². The van der Waals surface area contributed by atoms with E-state index in [1.54, 1.807) is 12.1 Å². The Morgan fingerprint density at radius 3 is 2.21 bits per heavy atom. The minimum Gasteiger partial charge on any atom is -0.487 e. The highest BCUT2D eigenvalue weighted by atomic mass is 16.5. The summed E-state index contributed by atoms with van der Waals surface area (Å²) in [4.78, 5) is 17.7. The van der Waals surface area contributed by atoms with E-state index in [4.69, 9.17) is 9.84 Å². The van der Waals surface area contributed by atoms with E-state index in [9.17, 15) is 4.79 Å². The second-order valence-electron chi connectivity index (χ2n) is 10.2. The van der Waals surface area contributed by atoms with Gasteiger partial charge in [-0.1, -0.05) is 62.4 Å². The Kier molecular flexibility index (Phi) is 9.37. The monoisotopic (exact) mass is 522 g/mol. The number of rotatable bonds is 12. The van der Waals surface area contributed by atoms with Crippen LogP contribution in [0.25, 0.3) is 11.1 Å². The first-order valence-electron chi connectivity index (χ1n) is 13.8. The van der Waals surface area contributed by atoms with Gasteiger partial charge in [0.25, 0.3) is 0 Å². The number of aromatic nitrogens is 1. The lowest BCUT2D eigenvalue weighted by Crippen LogP contribution is -2.30. The molecular weight excluding hydrogens is 484 g/mol. The number of hydrogen-bond acceptors (Lipinski definition) is 4. The summed E-state index contributed by atoms with van der Waals surface area (Å²) in [5.41, 5.74) is 6.79. The van der Waals surface area contributed by atoms with Crippen LogP contribution >= 0.6 is 0 Å². The van der Waals surface area contributed by atoms with E-state index in [0.717, 1.165) is 17.7 Å². The van der Waals surface area contributed by atoms with Crippen molar-refractivity contribution in [1.29, 1.82) is 0 Å². The minimum absolute atomic E-state index is 0.0148. The van der Waals surface area contributed by atoms with E-state index in [1.807, 2.05) is 24.3 Å². The average molecular weight is 523 g/mol. The number of carboxylic acids is 1. The predicted molar refractivity (Wildman–Crippen MR) is 158 cm³/mol. The highest BCUT2D eigenvalue weighted by Crippen LogP contribution is 2.28. The summed E-state index contributed by atoms with van der Waals surface area (Å²) < 4.78 is 5.84. The van der Waals surface area contributed by atoms with Gasteiger partial charge in [0.15, 0.2) is 0 Å². The highest BCUT2D eigenvalue weighted by Gasteiger charge is 2.14. The molecule has 0 spiro atoms. The fourth-order valence-corrected chi connectivity index (χ4v) is 4.90. The van der Waals surface area contributed by atoms with E-state index in [2.05, 4.69) is 86.1 Å². The molecule has 0 fully saturated rings. The number of benzene rings is 3. The lowest BCUT2D eigenvalue weighted by Gasteiger charge is -2.30. The molecule has 5 nitrogen and oxygen atoms in total. The van der Waals surface area contributed by atoms with Crippen molar-refractivity contribution >= 4 is 11.7 Å². The van der Waals surface area contributed by atoms with Gasteiger partial charge < -0.3 is 14.7 Å². The van der Waals surface area contributed by atoms with E-state index < -0.39 is 5.97 Å². The lowest BCUT2D eigenvalue weighted by atomic mass is 9.94. The summed E-state index contributed by atoms with van der Waals surface area (Å²) in [5, 5.41) is 9.13. The Bertz CT molecular complexity index is 1360. The molecule has 0 aliphatic heterocycles. The summed E-state index contributed by atoms with van der Waals surface area (Å²) in [5.74, 6) is 0.287. The van der Waals surface area contributed by atoms with Gasteiger partial charge in [0.05, 0.1) is 5.69 Å². The normalized spacial score (nSPS) is 11.1. The summed E-state index contributed by atoms with van der Waals surface area (Å²) in [6.45, 7) is 10.0. The van der Waals surface area contributed by atoms with Crippen LogP contribution in [0, 0.1) is 0 Å². The van der Waals surface area contributed by atoms with Gasteiger partial charge in [0, 0.05) is 18.3 Å². The Morgan fingerprint density at radius 1 is 0.872 bits per heavy atom. The van der Waals surface area contributed by atoms with Gasteiger partial charge in [-0.05, 0) is 97.3 Å². The first kappa shape index (κ1) is 27.9. The fourth-order valence-electron chi connectivity index (χ4n) is 4.90. The molecule has 39 heavy (non-hydrogen) atoms. The Labute approximate surface area is 232 Å². The van der Waals surface area contributed by atoms with Crippen LogP contribution in [0.5, 0.6) is 5.75 Å². The number of carboxylic acid groups (broad SMARTS) is 1. The molecule has 4 aromatic rings. The molecule has 0 saturated heterocycles. The number of nitrogens with zero attached hydrogens (tertiary/aromatic N) is 2. The third-order valence-electron chi connectivity index (χ3n) is 7.19. The maximum atomic E-state index is 11.1. The van der Waals surface area contributed by atoms with E-state index in [-0.39, 0.29) is 12.3 Å². The average Bonchev–Trinajstić information content (AvgIpc) is 2.96. The summed E-state index contributed by atoms with van der Waals surface area (Å²) >= 11 is 0. The van der Waals surface area contributed by atoms with Crippen LogP contribution in [-0.2, 0) is 13.2 Å². The lowest BCUT2D eigenvalue weighted by molar-refractivity contribution is 0.0690. The van der Waals surface area contributed by atoms with Crippen molar-refractivity contribution < 1.29 is 14.6 Å². The zero-order valence-corrected chi connectivity index (χ0v) is 23.3. The van der Waals surface area contributed by atoms with Crippen LogP contribution in [0.2, 0.25) is 0 Å². The van der Waals surface area contributed by atoms with Gasteiger partial charge in [0.1, 0.15) is 18.1 Å². The summed E-state index contributed by atoms with van der Waals surface area (Å²) in [6, 6.07) is 31.1. The summed E-state index contributed by atoms with van der Waals surface area (Å²) in [7, 11) is 0. The number of anilines is 1. The van der Waals surface area contributed by atoms with Crippen molar-refractivity contribution in [3.63, 3.8) is 0 Å². The molecule has 1 aromatic heterocycles. The smallest absolute Gasteiger partial charge is 0.354 e. The largest absolute Gasteiger partial charge is 0.487 e. The van der Waals surface area contributed by atoms with Crippen molar-refractivity contribution in [1.82, 2.24) is 4.98 Å². The maximum Gasteiger partial charge on any atom is 0.354 e. The van der Waals surface area contributed by atoms with Crippen LogP contribution in [0.3, 0.4) is 0 Å². The number of carbonyl (C=O) groups is 1. The molecule has 202 valence electrons. The van der Waals surface area contributed by atoms with E-state index in [1.165, 1.54) is 35.7 Å². The molecule has 0 saturated carbocycles.